The number of ether oxygens (including phenoxy) is 2. The molecule has 0 spiro atoms. The minimum absolute atomic E-state index is 0.278. The third-order valence-electron chi connectivity index (χ3n) is 2.72. The first-order valence-electron chi connectivity index (χ1n) is 5.97. The van der Waals surface area contributed by atoms with Crippen molar-refractivity contribution >= 4 is 0 Å². The topological polar surface area (TPSA) is 50.7 Å². The van der Waals surface area contributed by atoms with E-state index in [0.29, 0.717) is 24.1 Å². The fourth-order valence-electron chi connectivity index (χ4n) is 1.57. The van der Waals surface area contributed by atoms with Crippen molar-refractivity contribution in [3.63, 3.8) is 0 Å². The highest BCUT2D eigenvalue weighted by molar-refractivity contribution is 5.39. The quantitative estimate of drug-likeness (QED) is 0.748. The fraction of sp³-hybridized carbons (Fsp3) is 0.538. The maximum absolute atomic E-state index is 9.72. The van der Waals surface area contributed by atoms with Gasteiger partial charge in [0.15, 0.2) is 11.5 Å². The molecular formula is C13H19NO3. The Morgan fingerprint density at radius 3 is 2.71 bits per heavy atom. The van der Waals surface area contributed by atoms with Crippen LogP contribution in [0.2, 0.25) is 0 Å². The predicted octanol–water partition coefficient (Wildman–Crippen LogP) is 1.19. The molecule has 1 saturated carbocycles. The Hall–Kier alpha value is -1.26. The smallest absolute Gasteiger partial charge is 0.161 e. The molecule has 1 aromatic rings. The lowest BCUT2D eigenvalue weighted by atomic mass is 10.3. The Morgan fingerprint density at radius 1 is 1.35 bits per heavy atom. The summed E-state index contributed by atoms with van der Waals surface area (Å²) in [5, 5.41) is 13.0. The van der Waals surface area contributed by atoms with E-state index in [2.05, 4.69) is 5.32 Å². The standard InChI is InChI=1S/C13H19NO3/c1-16-12-4-2-3-5-13(12)17-9-11(15)8-14-10-6-7-10/h2-5,10-11,14-15H,6-9H2,1H3. The van der Waals surface area contributed by atoms with Crippen LogP contribution in [0.1, 0.15) is 12.8 Å². The molecule has 2 rings (SSSR count). The number of hydrogen-bond donors (Lipinski definition) is 2. The van der Waals surface area contributed by atoms with Gasteiger partial charge >= 0.3 is 0 Å². The molecule has 0 saturated heterocycles. The lowest BCUT2D eigenvalue weighted by Crippen LogP contribution is -2.32. The minimum atomic E-state index is -0.486. The van der Waals surface area contributed by atoms with Crippen molar-refractivity contribution in [1.29, 1.82) is 0 Å². The molecule has 1 aliphatic rings. The minimum Gasteiger partial charge on any atom is -0.493 e. The highest BCUT2D eigenvalue weighted by Gasteiger charge is 2.21. The molecule has 0 amide bonds. The molecule has 1 aromatic carbocycles. The third kappa shape index (κ3) is 3.91. The number of aliphatic hydroxyl groups is 1. The monoisotopic (exact) mass is 237 g/mol. The Labute approximate surface area is 102 Å². The summed E-state index contributed by atoms with van der Waals surface area (Å²) in [6.07, 6.45) is 1.96. The molecule has 4 nitrogen and oxygen atoms in total. The molecule has 17 heavy (non-hydrogen) atoms. The predicted molar refractivity (Wildman–Crippen MR) is 65.5 cm³/mol. The van der Waals surface area contributed by atoms with Crippen LogP contribution in [0.15, 0.2) is 24.3 Å². The van der Waals surface area contributed by atoms with Crippen LogP contribution >= 0.6 is 0 Å². The first kappa shape index (κ1) is 12.2. The summed E-state index contributed by atoms with van der Waals surface area (Å²) in [6.45, 7) is 0.861. The van der Waals surface area contributed by atoms with E-state index in [1.54, 1.807) is 7.11 Å². The van der Waals surface area contributed by atoms with Crippen LogP contribution in [0.4, 0.5) is 0 Å². The normalized spacial score (nSPS) is 16.6. The van der Waals surface area contributed by atoms with Gasteiger partial charge in [0.1, 0.15) is 12.7 Å². The van der Waals surface area contributed by atoms with Crippen molar-refractivity contribution < 1.29 is 14.6 Å². The zero-order valence-electron chi connectivity index (χ0n) is 10.1. The van der Waals surface area contributed by atoms with Crippen LogP contribution in [-0.4, -0.2) is 37.5 Å². The van der Waals surface area contributed by atoms with Gasteiger partial charge in [-0.25, -0.2) is 0 Å². The molecule has 94 valence electrons. The first-order chi connectivity index (χ1) is 8.29. The van der Waals surface area contributed by atoms with Gasteiger partial charge < -0.3 is 19.9 Å². The highest BCUT2D eigenvalue weighted by Crippen LogP contribution is 2.25. The maximum Gasteiger partial charge on any atom is 0.161 e. The molecule has 0 radical (unpaired) electrons. The number of para-hydroxylation sites is 2. The molecule has 1 atom stereocenters. The summed E-state index contributed by atoms with van der Waals surface area (Å²) in [6, 6.07) is 8.05. The van der Waals surface area contributed by atoms with Crippen LogP contribution in [-0.2, 0) is 0 Å². The summed E-state index contributed by atoms with van der Waals surface area (Å²) >= 11 is 0. The van der Waals surface area contributed by atoms with Gasteiger partial charge in [-0.3, -0.25) is 0 Å². The zero-order chi connectivity index (χ0) is 12.1. The van der Waals surface area contributed by atoms with E-state index in [9.17, 15) is 5.11 Å². The van der Waals surface area contributed by atoms with Gasteiger partial charge in [0.2, 0.25) is 0 Å². The van der Waals surface area contributed by atoms with E-state index in [4.69, 9.17) is 9.47 Å². The van der Waals surface area contributed by atoms with E-state index >= 15 is 0 Å². The Morgan fingerprint density at radius 2 is 2.06 bits per heavy atom. The second kappa shape index (κ2) is 5.89. The maximum atomic E-state index is 9.72. The molecule has 4 heteroatoms. The molecule has 2 N–H and O–H groups in total. The van der Waals surface area contributed by atoms with Crippen molar-refractivity contribution in [2.45, 2.75) is 25.0 Å². The second-order valence-corrected chi connectivity index (χ2v) is 4.30. The largest absolute Gasteiger partial charge is 0.493 e. The van der Waals surface area contributed by atoms with Crippen molar-refractivity contribution in [2.75, 3.05) is 20.3 Å². The average Bonchev–Trinajstić information content (AvgIpc) is 3.18. The van der Waals surface area contributed by atoms with Crippen LogP contribution in [0.25, 0.3) is 0 Å². The lowest BCUT2D eigenvalue weighted by Gasteiger charge is -2.14. The van der Waals surface area contributed by atoms with E-state index in [1.807, 2.05) is 24.3 Å². The van der Waals surface area contributed by atoms with Gasteiger partial charge in [0.05, 0.1) is 7.11 Å². The van der Waals surface area contributed by atoms with Crippen LogP contribution in [0, 0.1) is 0 Å². The van der Waals surface area contributed by atoms with Gasteiger partial charge in [-0.15, -0.1) is 0 Å². The van der Waals surface area contributed by atoms with Gasteiger partial charge in [0.25, 0.3) is 0 Å². The molecule has 1 fully saturated rings. The number of nitrogens with one attached hydrogen (secondary N) is 1. The summed E-state index contributed by atoms with van der Waals surface area (Å²) < 4.78 is 10.7. The Balaban J connectivity index is 1.75. The number of methoxy groups -OCH3 is 1. The number of rotatable bonds is 7. The number of benzene rings is 1. The summed E-state index contributed by atoms with van der Waals surface area (Å²) in [7, 11) is 1.60. The van der Waals surface area contributed by atoms with Gasteiger partial charge in [-0.2, -0.15) is 0 Å². The average molecular weight is 237 g/mol. The van der Waals surface area contributed by atoms with Gasteiger partial charge in [-0.1, -0.05) is 12.1 Å². The van der Waals surface area contributed by atoms with Crippen molar-refractivity contribution in [2.24, 2.45) is 0 Å². The van der Waals surface area contributed by atoms with Crippen LogP contribution in [0.5, 0.6) is 11.5 Å². The van der Waals surface area contributed by atoms with Crippen molar-refractivity contribution in [3.05, 3.63) is 24.3 Å². The highest BCUT2D eigenvalue weighted by atomic mass is 16.5. The van der Waals surface area contributed by atoms with Crippen LogP contribution < -0.4 is 14.8 Å². The van der Waals surface area contributed by atoms with E-state index in [0.717, 1.165) is 0 Å². The van der Waals surface area contributed by atoms with Gasteiger partial charge in [0, 0.05) is 12.6 Å². The molecular weight excluding hydrogens is 218 g/mol. The molecule has 0 heterocycles. The Bertz CT molecular complexity index is 352. The molecule has 0 bridgehead atoms. The Kier molecular flexibility index (Phi) is 4.23. The first-order valence-corrected chi connectivity index (χ1v) is 5.97. The second-order valence-electron chi connectivity index (χ2n) is 4.30. The SMILES string of the molecule is COc1ccccc1OCC(O)CNC1CC1. The fourth-order valence-corrected chi connectivity index (χ4v) is 1.57. The van der Waals surface area contributed by atoms with E-state index < -0.39 is 6.10 Å². The number of aliphatic hydroxyl groups excluding tert-OH is 1. The summed E-state index contributed by atoms with van der Waals surface area (Å²) in [4.78, 5) is 0. The van der Waals surface area contributed by atoms with Crippen molar-refractivity contribution in [1.82, 2.24) is 5.32 Å². The summed E-state index contributed by atoms with van der Waals surface area (Å²) in [5.41, 5.74) is 0. The molecule has 1 aliphatic carbocycles. The van der Waals surface area contributed by atoms with Crippen molar-refractivity contribution in [3.8, 4) is 11.5 Å². The van der Waals surface area contributed by atoms with E-state index in [-0.39, 0.29) is 6.61 Å². The third-order valence-corrected chi connectivity index (χ3v) is 2.72. The van der Waals surface area contributed by atoms with E-state index in [1.165, 1.54) is 12.8 Å². The zero-order valence-corrected chi connectivity index (χ0v) is 10.1. The van der Waals surface area contributed by atoms with Crippen LogP contribution in [0.3, 0.4) is 0 Å². The molecule has 0 aliphatic heterocycles. The molecule has 0 aromatic heterocycles. The summed E-state index contributed by atoms with van der Waals surface area (Å²) in [5.74, 6) is 1.36. The number of hydrogen-bond acceptors (Lipinski definition) is 4. The van der Waals surface area contributed by atoms with Gasteiger partial charge in [-0.05, 0) is 25.0 Å². The lowest BCUT2D eigenvalue weighted by molar-refractivity contribution is 0.104. The molecule has 1 unspecified atom stereocenters.